The van der Waals surface area contributed by atoms with Crippen LogP contribution in [0.2, 0.25) is 0 Å². The van der Waals surface area contributed by atoms with E-state index in [-0.39, 0.29) is 18.4 Å². The van der Waals surface area contributed by atoms with E-state index in [0.29, 0.717) is 18.8 Å². The zero-order valence-corrected chi connectivity index (χ0v) is 11.2. The van der Waals surface area contributed by atoms with E-state index in [1.54, 1.807) is 6.92 Å². The van der Waals surface area contributed by atoms with Crippen LogP contribution in [0.15, 0.2) is 24.3 Å². The van der Waals surface area contributed by atoms with Gasteiger partial charge in [0, 0.05) is 13.1 Å². The maximum atomic E-state index is 12.2. The van der Waals surface area contributed by atoms with Gasteiger partial charge in [-0.25, -0.2) is 0 Å². The van der Waals surface area contributed by atoms with E-state index in [0.717, 1.165) is 5.56 Å². The first kappa shape index (κ1) is 13.4. The molecule has 0 radical (unpaired) electrons. The quantitative estimate of drug-likeness (QED) is 0.873. The number of nitrogens with one attached hydrogen (secondary N) is 1. The molecular weight excluding hydrogens is 244 g/mol. The van der Waals surface area contributed by atoms with E-state index in [9.17, 15) is 9.59 Å². The number of hydrogen-bond acceptors (Lipinski definition) is 3. The number of piperazine rings is 1. The van der Waals surface area contributed by atoms with Crippen LogP contribution in [0.4, 0.5) is 0 Å². The standard InChI is InChI=1S/C14H18N2O3/c1-10-4-3-5-12(8-10)19-11(2)14(18)16-7-6-15-13(17)9-16/h3-5,8,11H,6-7,9H2,1-2H3,(H,15,17). The number of nitrogens with zero attached hydrogens (tertiary/aromatic N) is 1. The first-order valence-corrected chi connectivity index (χ1v) is 6.35. The highest BCUT2D eigenvalue weighted by Crippen LogP contribution is 2.15. The summed E-state index contributed by atoms with van der Waals surface area (Å²) in [5, 5.41) is 2.69. The van der Waals surface area contributed by atoms with E-state index in [4.69, 9.17) is 4.74 Å². The number of benzene rings is 1. The molecule has 1 unspecified atom stereocenters. The minimum Gasteiger partial charge on any atom is -0.481 e. The third-order valence-electron chi connectivity index (χ3n) is 3.00. The lowest BCUT2D eigenvalue weighted by molar-refractivity contribution is -0.143. The van der Waals surface area contributed by atoms with Crippen molar-refractivity contribution in [3.05, 3.63) is 29.8 Å². The zero-order chi connectivity index (χ0) is 13.8. The maximum Gasteiger partial charge on any atom is 0.263 e. The predicted molar refractivity (Wildman–Crippen MR) is 70.9 cm³/mol. The van der Waals surface area contributed by atoms with Gasteiger partial charge in [-0.1, -0.05) is 12.1 Å². The molecule has 0 aromatic heterocycles. The van der Waals surface area contributed by atoms with E-state index >= 15 is 0 Å². The van der Waals surface area contributed by atoms with Gasteiger partial charge in [-0.05, 0) is 31.5 Å². The summed E-state index contributed by atoms with van der Waals surface area (Å²) >= 11 is 0. The molecule has 1 saturated heterocycles. The summed E-state index contributed by atoms with van der Waals surface area (Å²) in [5.41, 5.74) is 1.08. The topological polar surface area (TPSA) is 58.6 Å². The second-order valence-electron chi connectivity index (χ2n) is 4.69. The Labute approximate surface area is 112 Å². The Morgan fingerprint density at radius 3 is 2.95 bits per heavy atom. The highest BCUT2D eigenvalue weighted by molar-refractivity contribution is 5.88. The van der Waals surface area contributed by atoms with Crippen molar-refractivity contribution in [2.24, 2.45) is 0 Å². The van der Waals surface area contributed by atoms with Crippen molar-refractivity contribution < 1.29 is 14.3 Å². The van der Waals surface area contributed by atoms with Crippen molar-refractivity contribution >= 4 is 11.8 Å². The average molecular weight is 262 g/mol. The minimum absolute atomic E-state index is 0.111. The Bertz CT molecular complexity index is 487. The molecule has 1 heterocycles. The smallest absolute Gasteiger partial charge is 0.263 e. The molecule has 1 aliphatic rings. The lowest BCUT2D eigenvalue weighted by Gasteiger charge is -2.29. The number of carbonyl (C=O) groups is 2. The molecule has 1 N–H and O–H groups in total. The molecule has 19 heavy (non-hydrogen) atoms. The van der Waals surface area contributed by atoms with Gasteiger partial charge in [0.25, 0.3) is 5.91 Å². The molecular formula is C14H18N2O3. The monoisotopic (exact) mass is 262 g/mol. The van der Waals surface area contributed by atoms with Gasteiger partial charge >= 0.3 is 0 Å². The van der Waals surface area contributed by atoms with Gasteiger partial charge in [-0.15, -0.1) is 0 Å². The SMILES string of the molecule is Cc1cccc(OC(C)C(=O)N2CCNC(=O)C2)c1. The van der Waals surface area contributed by atoms with Crippen LogP contribution in [0.5, 0.6) is 5.75 Å². The first-order valence-electron chi connectivity index (χ1n) is 6.35. The number of carbonyl (C=O) groups excluding carboxylic acids is 2. The van der Waals surface area contributed by atoms with Crippen molar-refractivity contribution in [2.75, 3.05) is 19.6 Å². The van der Waals surface area contributed by atoms with Crippen LogP contribution >= 0.6 is 0 Å². The molecule has 5 heteroatoms. The maximum absolute atomic E-state index is 12.2. The van der Waals surface area contributed by atoms with Gasteiger partial charge in [-0.3, -0.25) is 9.59 Å². The van der Waals surface area contributed by atoms with Gasteiger partial charge in [0.2, 0.25) is 5.91 Å². The number of amides is 2. The Hall–Kier alpha value is -2.04. The van der Waals surface area contributed by atoms with Gasteiger partial charge in [-0.2, -0.15) is 0 Å². The second kappa shape index (κ2) is 5.73. The fourth-order valence-electron chi connectivity index (χ4n) is 2.03. The van der Waals surface area contributed by atoms with Crippen LogP contribution in [0.25, 0.3) is 0 Å². The molecule has 1 atom stereocenters. The largest absolute Gasteiger partial charge is 0.481 e. The molecule has 1 fully saturated rings. The van der Waals surface area contributed by atoms with Crippen LogP contribution in [0, 0.1) is 6.92 Å². The molecule has 0 bridgehead atoms. The highest BCUT2D eigenvalue weighted by atomic mass is 16.5. The van der Waals surface area contributed by atoms with Crippen LogP contribution in [-0.2, 0) is 9.59 Å². The zero-order valence-electron chi connectivity index (χ0n) is 11.2. The van der Waals surface area contributed by atoms with Gasteiger partial charge in [0.05, 0.1) is 6.54 Å². The van der Waals surface area contributed by atoms with Crippen molar-refractivity contribution in [3.8, 4) is 5.75 Å². The number of ether oxygens (including phenoxy) is 1. The second-order valence-corrected chi connectivity index (χ2v) is 4.69. The summed E-state index contributed by atoms with van der Waals surface area (Å²) in [6, 6.07) is 7.55. The Kier molecular flexibility index (Phi) is 4.04. The van der Waals surface area contributed by atoms with E-state index in [2.05, 4.69) is 5.32 Å². The summed E-state index contributed by atoms with van der Waals surface area (Å²) in [6.45, 7) is 4.82. The fourth-order valence-corrected chi connectivity index (χ4v) is 2.03. The van der Waals surface area contributed by atoms with Crippen molar-refractivity contribution in [1.82, 2.24) is 10.2 Å². The van der Waals surface area contributed by atoms with E-state index in [1.165, 1.54) is 4.90 Å². The summed E-state index contributed by atoms with van der Waals surface area (Å²) in [6.07, 6.45) is -0.590. The molecule has 1 aliphatic heterocycles. The summed E-state index contributed by atoms with van der Waals surface area (Å²) in [4.78, 5) is 24.9. The van der Waals surface area contributed by atoms with Crippen molar-refractivity contribution in [3.63, 3.8) is 0 Å². The lowest BCUT2D eigenvalue weighted by Crippen LogP contribution is -2.53. The van der Waals surface area contributed by atoms with Crippen LogP contribution in [0.1, 0.15) is 12.5 Å². The summed E-state index contributed by atoms with van der Waals surface area (Å²) in [7, 11) is 0. The number of rotatable bonds is 3. The van der Waals surface area contributed by atoms with Crippen LogP contribution in [0.3, 0.4) is 0 Å². The fraction of sp³-hybridized carbons (Fsp3) is 0.429. The third kappa shape index (κ3) is 3.47. The summed E-state index contributed by atoms with van der Waals surface area (Å²) < 4.78 is 5.62. The number of aryl methyl sites for hydroxylation is 1. The Balaban J connectivity index is 1.97. The van der Waals surface area contributed by atoms with E-state index in [1.807, 2.05) is 31.2 Å². The normalized spacial score (nSPS) is 16.7. The van der Waals surface area contributed by atoms with Crippen molar-refractivity contribution in [2.45, 2.75) is 20.0 Å². The molecule has 2 rings (SSSR count). The summed E-state index contributed by atoms with van der Waals surface area (Å²) in [5.74, 6) is 0.390. The highest BCUT2D eigenvalue weighted by Gasteiger charge is 2.26. The van der Waals surface area contributed by atoms with Gasteiger partial charge < -0.3 is 15.0 Å². The molecule has 0 spiro atoms. The molecule has 1 aromatic carbocycles. The average Bonchev–Trinajstić information content (AvgIpc) is 2.38. The molecule has 1 aromatic rings. The lowest BCUT2D eigenvalue weighted by atomic mass is 10.2. The molecule has 5 nitrogen and oxygen atoms in total. The Morgan fingerprint density at radius 1 is 1.47 bits per heavy atom. The minimum atomic E-state index is -0.590. The van der Waals surface area contributed by atoms with E-state index < -0.39 is 6.10 Å². The Morgan fingerprint density at radius 2 is 2.26 bits per heavy atom. The predicted octanol–water partition coefficient (Wildman–Crippen LogP) is 0.721. The first-order chi connectivity index (χ1) is 9.06. The molecule has 102 valence electrons. The van der Waals surface area contributed by atoms with Crippen molar-refractivity contribution in [1.29, 1.82) is 0 Å². The van der Waals surface area contributed by atoms with Crippen LogP contribution < -0.4 is 10.1 Å². The molecule has 0 saturated carbocycles. The third-order valence-corrected chi connectivity index (χ3v) is 3.00. The molecule has 0 aliphatic carbocycles. The van der Waals surface area contributed by atoms with Gasteiger partial charge in [0.1, 0.15) is 5.75 Å². The van der Waals surface area contributed by atoms with Gasteiger partial charge in [0.15, 0.2) is 6.10 Å². The number of hydrogen-bond donors (Lipinski definition) is 1. The molecule has 2 amide bonds. The van der Waals surface area contributed by atoms with Crippen LogP contribution in [-0.4, -0.2) is 42.5 Å².